The Labute approximate surface area is 102 Å². The molecule has 0 radical (unpaired) electrons. The Kier molecular flexibility index (Phi) is 3.66. The summed E-state index contributed by atoms with van der Waals surface area (Å²) in [6.45, 7) is 0. The second kappa shape index (κ2) is 5.39. The quantitative estimate of drug-likeness (QED) is 0.880. The summed E-state index contributed by atoms with van der Waals surface area (Å²) in [5, 5.41) is 12.2. The first kappa shape index (κ1) is 12.2. The summed E-state index contributed by atoms with van der Waals surface area (Å²) >= 11 is 0. The number of aliphatic carboxylic acids is 1. The van der Waals surface area contributed by atoms with Crippen molar-refractivity contribution in [1.82, 2.24) is 10.1 Å². The van der Waals surface area contributed by atoms with Crippen molar-refractivity contribution in [3.8, 4) is 11.4 Å². The fourth-order valence-electron chi connectivity index (χ4n) is 1.49. The van der Waals surface area contributed by atoms with Gasteiger partial charge in [-0.1, -0.05) is 17.3 Å². The minimum Gasteiger partial charge on any atom is -0.481 e. The van der Waals surface area contributed by atoms with Crippen LogP contribution in [0.2, 0.25) is 0 Å². The van der Waals surface area contributed by atoms with Crippen molar-refractivity contribution in [2.24, 2.45) is 0 Å². The van der Waals surface area contributed by atoms with Gasteiger partial charge in [0, 0.05) is 18.4 Å². The van der Waals surface area contributed by atoms with E-state index in [1.807, 2.05) is 0 Å². The lowest BCUT2D eigenvalue weighted by atomic mass is 10.2. The molecular weight excluding hydrogens is 239 g/mol. The van der Waals surface area contributed by atoms with E-state index in [2.05, 4.69) is 10.1 Å². The Morgan fingerprint density at radius 1 is 1.44 bits per heavy atom. The first-order valence-electron chi connectivity index (χ1n) is 5.45. The monoisotopic (exact) mass is 250 g/mol. The maximum absolute atomic E-state index is 13.0. The number of rotatable bonds is 5. The molecule has 1 heterocycles. The number of hydrogen-bond acceptors (Lipinski definition) is 4. The Bertz CT molecular complexity index is 554. The number of aromatic nitrogens is 2. The first-order chi connectivity index (χ1) is 8.65. The molecule has 1 aromatic heterocycles. The predicted octanol–water partition coefficient (Wildman–Crippen LogP) is 2.28. The van der Waals surface area contributed by atoms with Gasteiger partial charge in [0.2, 0.25) is 11.7 Å². The molecule has 0 unspecified atom stereocenters. The van der Waals surface area contributed by atoms with Crippen molar-refractivity contribution >= 4 is 5.97 Å². The highest BCUT2D eigenvalue weighted by atomic mass is 19.1. The zero-order valence-electron chi connectivity index (χ0n) is 9.47. The zero-order chi connectivity index (χ0) is 13.0. The van der Waals surface area contributed by atoms with Gasteiger partial charge in [0.05, 0.1) is 0 Å². The van der Waals surface area contributed by atoms with Gasteiger partial charge in [-0.05, 0) is 18.6 Å². The van der Waals surface area contributed by atoms with Crippen LogP contribution in [-0.4, -0.2) is 21.2 Å². The van der Waals surface area contributed by atoms with Crippen molar-refractivity contribution in [2.75, 3.05) is 0 Å². The minimum absolute atomic E-state index is 0.0533. The van der Waals surface area contributed by atoms with Gasteiger partial charge in [-0.2, -0.15) is 4.98 Å². The van der Waals surface area contributed by atoms with Gasteiger partial charge in [0.15, 0.2) is 0 Å². The molecule has 0 atom stereocenters. The Balaban J connectivity index is 2.04. The van der Waals surface area contributed by atoms with E-state index in [1.165, 1.54) is 12.1 Å². The highest BCUT2D eigenvalue weighted by molar-refractivity contribution is 5.66. The lowest BCUT2D eigenvalue weighted by Crippen LogP contribution is -1.96. The van der Waals surface area contributed by atoms with Crippen LogP contribution >= 0.6 is 0 Å². The Morgan fingerprint density at radius 3 is 3.00 bits per heavy atom. The van der Waals surface area contributed by atoms with Crippen LogP contribution in [-0.2, 0) is 11.2 Å². The molecule has 0 spiro atoms. The van der Waals surface area contributed by atoms with Crippen molar-refractivity contribution in [2.45, 2.75) is 19.3 Å². The fraction of sp³-hybridized carbons (Fsp3) is 0.250. The number of benzene rings is 1. The molecule has 1 N–H and O–H groups in total. The van der Waals surface area contributed by atoms with Gasteiger partial charge in [0.25, 0.3) is 0 Å². The Morgan fingerprint density at radius 2 is 2.28 bits per heavy atom. The summed E-state index contributed by atoms with van der Waals surface area (Å²) in [6, 6.07) is 5.88. The molecule has 94 valence electrons. The largest absolute Gasteiger partial charge is 0.481 e. The SMILES string of the molecule is O=C(O)CCCc1nc(-c2cccc(F)c2)no1. The van der Waals surface area contributed by atoms with E-state index in [1.54, 1.807) is 12.1 Å². The van der Waals surface area contributed by atoms with Gasteiger partial charge in [0.1, 0.15) is 5.82 Å². The lowest BCUT2D eigenvalue weighted by Gasteiger charge is -1.93. The average Bonchev–Trinajstić information content (AvgIpc) is 2.77. The van der Waals surface area contributed by atoms with Crippen LogP contribution in [0.15, 0.2) is 28.8 Å². The van der Waals surface area contributed by atoms with Crippen LogP contribution in [0.3, 0.4) is 0 Å². The van der Waals surface area contributed by atoms with Gasteiger partial charge in [-0.3, -0.25) is 4.79 Å². The molecule has 0 aliphatic heterocycles. The van der Waals surface area contributed by atoms with Crippen molar-refractivity contribution in [3.05, 3.63) is 36.0 Å². The molecule has 0 aliphatic rings. The summed E-state index contributed by atoms with van der Waals surface area (Å²) in [6.07, 6.45) is 0.881. The maximum atomic E-state index is 13.0. The van der Waals surface area contributed by atoms with Crippen molar-refractivity contribution in [1.29, 1.82) is 0 Å². The summed E-state index contributed by atoms with van der Waals surface area (Å²) in [5.41, 5.74) is 0.531. The highest BCUT2D eigenvalue weighted by Gasteiger charge is 2.09. The van der Waals surface area contributed by atoms with E-state index in [-0.39, 0.29) is 12.2 Å². The smallest absolute Gasteiger partial charge is 0.303 e. The third-order valence-electron chi connectivity index (χ3n) is 2.33. The fourth-order valence-corrected chi connectivity index (χ4v) is 1.49. The van der Waals surface area contributed by atoms with E-state index in [0.717, 1.165) is 0 Å². The number of carboxylic acids is 1. The number of carbonyl (C=O) groups is 1. The van der Waals surface area contributed by atoms with E-state index < -0.39 is 5.97 Å². The number of nitrogens with zero attached hydrogens (tertiary/aromatic N) is 2. The molecule has 18 heavy (non-hydrogen) atoms. The molecule has 5 nitrogen and oxygen atoms in total. The number of carboxylic acid groups (broad SMARTS) is 1. The van der Waals surface area contributed by atoms with Gasteiger partial charge in [-0.15, -0.1) is 0 Å². The van der Waals surface area contributed by atoms with E-state index in [0.29, 0.717) is 30.1 Å². The summed E-state index contributed by atoms with van der Waals surface area (Å²) in [4.78, 5) is 14.4. The second-order valence-corrected chi connectivity index (χ2v) is 3.77. The molecular formula is C12H11FN2O3. The molecule has 1 aromatic carbocycles. The molecule has 2 aromatic rings. The molecule has 6 heteroatoms. The topological polar surface area (TPSA) is 76.2 Å². The standard InChI is InChI=1S/C12H11FN2O3/c13-9-4-1-3-8(7-9)12-14-10(18-15-12)5-2-6-11(16)17/h1,3-4,7H,2,5-6H2,(H,16,17). The number of aryl methyl sites for hydroxylation is 1. The van der Waals surface area contributed by atoms with Crippen molar-refractivity contribution < 1.29 is 18.8 Å². The number of halogens is 1. The normalized spacial score (nSPS) is 10.5. The average molecular weight is 250 g/mol. The van der Waals surface area contributed by atoms with Crippen LogP contribution in [0, 0.1) is 5.82 Å². The van der Waals surface area contributed by atoms with E-state index in [4.69, 9.17) is 9.63 Å². The van der Waals surface area contributed by atoms with E-state index in [9.17, 15) is 9.18 Å². The molecule has 0 aliphatic carbocycles. The van der Waals surface area contributed by atoms with Gasteiger partial charge >= 0.3 is 5.97 Å². The molecule has 0 amide bonds. The molecule has 0 saturated carbocycles. The predicted molar refractivity (Wildman–Crippen MR) is 60.3 cm³/mol. The lowest BCUT2D eigenvalue weighted by molar-refractivity contribution is -0.137. The molecule has 0 saturated heterocycles. The zero-order valence-corrected chi connectivity index (χ0v) is 9.47. The minimum atomic E-state index is -0.861. The number of hydrogen-bond donors (Lipinski definition) is 1. The second-order valence-electron chi connectivity index (χ2n) is 3.77. The van der Waals surface area contributed by atoms with Gasteiger partial charge in [-0.25, -0.2) is 4.39 Å². The van der Waals surface area contributed by atoms with Crippen molar-refractivity contribution in [3.63, 3.8) is 0 Å². The first-order valence-corrected chi connectivity index (χ1v) is 5.45. The highest BCUT2D eigenvalue weighted by Crippen LogP contribution is 2.17. The summed E-state index contributed by atoms with van der Waals surface area (Å²) in [5.74, 6) is -0.570. The summed E-state index contributed by atoms with van der Waals surface area (Å²) in [7, 11) is 0. The third-order valence-corrected chi connectivity index (χ3v) is 2.33. The molecule has 0 bridgehead atoms. The van der Waals surface area contributed by atoms with Crippen LogP contribution in [0.1, 0.15) is 18.7 Å². The molecule has 2 rings (SSSR count). The van der Waals surface area contributed by atoms with Crippen LogP contribution in [0.25, 0.3) is 11.4 Å². The Hall–Kier alpha value is -2.24. The third kappa shape index (κ3) is 3.13. The van der Waals surface area contributed by atoms with Gasteiger partial charge < -0.3 is 9.63 Å². The summed E-state index contributed by atoms with van der Waals surface area (Å²) < 4.78 is 18.0. The van der Waals surface area contributed by atoms with Crippen LogP contribution in [0.4, 0.5) is 4.39 Å². The van der Waals surface area contributed by atoms with Crippen LogP contribution < -0.4 is 0 Å². The van der Waals surface area contributed by atoms with E-state index >= 15 is 0 Å². The maximum Gasteiger partial charge on any atom is 0.303 e. The molecule has 0 fully saturated rings. The van der Waals surface area contributed by atoms with Crippen LogP contribution in [0.5, 0.6) is 0 Å².